The highest BCUT2D eigenvalue weighted by molar-refractivity contribution is 5.87. The quantitative estimate of drug-likeness (QED) is 0.791. The molecule has 0 saturated carbocycles. The van der Waals surface area contributed by atoms with Crippen LogP contribution in [0, 0.1) is 11.3 Å². The first-order chi connectivity index (χ1) is 8.30. The number of methoxy groups -OCH3 is 1. The first kappa shape index (κ1) is 13.1. The smallest absolute Gasteiger partial charge is 0.120 e. The molecule has 0 fully saturated rings. The Morgan fingerprint density at radius 1 is 1.35 bits per heavy atom. The van der Waals surface area contributed by atoms with Crippen LogP contribution < -0.4 is 4.74 Å². The van der Waals surface area contributed by atoms with E-state index in [-0.39, 0.29) is 0 Å². The van der Waals surface area contributed by atoms with E-state index in [9.17, 15) is 0 Å². The molecule has 0 unspecified atom stereocenters. The molecule has 0 amide bonds. The fourth-order valence-corrected chi connectivity index (χ4v) is 1.75. The Kier molecular flexibility index (Phi) is 4.59. The standard InChI is InChI=1S/C12H12N2O.C2H6/c1-3-14-8-9(7-13)11-5-4-10(15-2)6-12(11)14;1-2/h4-6,8H,3H2,1-2H3;1-2H3. The van der Waals surface area contributed by atoms with E-state index in [0.717, 1.165) is 28.8 Å². The van der Waals surface area contributed by atoms with Crippen LogP contribution in [0.1, 0.15) is 26.3 Å². The Balaban J connectivity index is 0.000000686. The largest absolute Gasteiger partial charge is 0.497 e. The minimum Gasteiger partial charge on any atom is -0.497 e. The van der Waals surface area contributed by atoms with Crippen LogP contribution in [0.25, 0.3) is 10.9 Å². The predicted molar refractivity (Wildman–Crippen MR) is 70.2 cm³/mol. The van der Waals surface area contributed by atoms with Crippen molar-refractivity contribution in [2.45, 2.75) is 27.3 Å². The number of nitrogens with zero attached hydrogens (tertiary/aromatic N) is 2. The molecular weight excluding hydrogens is 212 g/mol. The molecule has 17 heavy (non-hydrogen) atoms. The summed E-state index contributed by atoms with van der Waals surface area (Å²) in [6, 6.07) is 7.97. The van der Waals surface area contributed by atoms with Crippen LogP contribution in [0.4, 0.5) is 0 Å². The van der Waals surface area contributed by atoms with Gasteiger partial charge in [-0.15, -0.1) is 0 Å². The molecule has 1 aromatic heterocycles. The number of rotatable bonds is 2. The molecule has 0 spiro atoms. The van der Waals surface area contributed by atoms with Crippen LogP contribution >= 0.6 is 0 Å². The van der Waals surface area contributed by atoms with Crippen LogP contribution in [0.5, 0.6) is 5.75 Å². The average Bonchev–Trinajstić information content (AvgIpc) is 2.77. The highest BCUT2D eigenvalue weighted by atomic mass is 16.5. The minimum atomic E-state index is 0.717. The van der Waals surface area contributed by atoms with Gasteiger partial charge in [-0.05, 0) is 19.1 Å². The van der Waals surface area contributed by atoms with E-state index >= 15 is 0 Å². The molecule has 1 heterocycles. The molecule has 0 saturated heterocycles. The summed E-state index contributed by atoms with van der Waals surface area (Å²) in [4.78, 5) is 0. The second kappa shape index (κ2) is 5.95. The third kappa shape index (κ3) is 2.42. The van der Waals surface area contributed by atoms with Crippen molar-refractivity contribution in [3.63, 3.8) is 0 Å². The zero-order valence-corrected chi connectivity index (χ0v) is 10.8. The maximum absolute atomic E-state index is 8.98. The van der Waals surface area contributed by atoms with Crippen LogP contribution in [0.3, 0.4) is 0 Å². The number of hydrogen-bond acceptors (Lipinski definition) is 2. The lowest BCUT2D eigenvalue weighted by molar-refractivity contribution is 0.415. The molecular formula is C14H18N2O. The lowest BCUT2D eigenvalue weighted by atomic mass is 10.2. The van der Waals surface area contributed by atoms with Gasteiger partial charge in [-0.2, -0.15) is 5.26 Å². The average molecular weight is 230 g/mol. The minimum absolute atomic E-state index is 0.717. The lowest BCUT2D eigenvalue weighted by Gasteiger charge is -2.02. The van der Waals surface area contributed by atoms with Gasteiger partial charge in [-0.3, -0.25) is 0 Å². The summed E-state index contributed by atoms with van der Waals surface area (Å²) in [6.07, 6.45) is 1.88. The Morgan fingerprint density at radius 2 is 2.06 bits per heavy atom. The summed E-state index contributed by atoms with van der Waals surface area (Å²) in [6.45, 7) is 6.91. The van der Waals surface area contributed by atoms with Crippen molar-refractivity contribution in [1.29, 1.82) is 5.26 Å². The maximum Gasteiger partial charge on any atom is 0.120 e. The maximum atomic E-state index is 8.98. The van der Waals surface area contributed by atoms with Gasteiger partial charge in [-0.25, -0.2) is 0 Å². The SMILES string of the molecule is CC.CCn1cc(C#N)c2ccc(OC)cc21. The molecule has 0 bridgehead atoms. The molecule has 90 valence electrons. The summed E-state index contributed by atoms with van der Waals surface area (Å²) in [5.41, 5.74) is 1.77. The van der Waals surface area contributed by atoms with Crippen molar-refractivity contribution in [2.24, 2.45) is 0 Å². The fourth-order valence-electron chi connectivity index (χ4n) is 1.75. The van der Waals surface area contributed by atoms with Gasteiger partial charge >= 0.3 is 0 Å². The normalized spacial score (nSPS) is 9.35. The summed E-state index contributed by atoms with van der Waals surface area (Å²) >= 11 is 0. The van der Waals surface area contributed by atoms with Crippen molar-refractivity contribution < 1.29 is 4.74 Å². The molecule has 0 N–H and O–H groups in total. The third-order valence-corrected chi connectivity index (χ3v) is 2.55. The second-order valence-corrected chi connectivity index (χ2v) is 3.32. The van der Waals surface area contributed by atoms with Crippen molar-refractivity contribution in [3.8, 4) is 11.8 Å². The van der Waals surface area contributed by atoms with Gasteiger partial charge in [0.05, 0.1) is 18.2 Å². The molecule has 1 aromatic carbocycles. The topological polar surface area (TPSA) is 38.0 Å². The fraction of sp³-hybridized carbons (Fsp3) is 0.357. The van der Waals surface area contributed by atoms with Crippen molar-refractivity contribution in [1.82, 2.24) is 4.57 Å². The van der Waals surface area contributed by atoms with Gasteiger partial charge in [0.1, 0.15) is 11.8 Å². The van der Waals surface area contributed by atoms with E-state index in [0.29, 0.717) is 0 Å². The van der Waals surface area contributed by atoms with E-state index in [1.807, 2.05) is 38.2 Å². The monoisotopic (exact) mass is 230 g/mol. The first-order valence-electron chi connectivity index (χ1n) is 5.87. The van der Waals surface area contributed by atoms with Gasteiger partial charge < -0.3 is 9.30 Å². The van der Waals surface area contributed by atoms with Crippen LogP contribution in [-0.2, 0) is 6.54 Å². The molecule has 0 atom stereocenters. The van der Waals surface area contributed by atoms with E-state index in [1.54, 1.807) is 7.11 Å². The zero-order chi connectivity index (χ0) is 12.8. The summed E-state index contributed by atoms with van der Waals surface area (Å²) in [5.74, 6) is 0.819. The number of aryl methyl sites for hydroxylation is 1. The molecule has 2 rings (SSSR count). The van der Waals surface area contributed by atoms with Crippen molar-refractivity contribution >= 4 is 10.9 Å². The van der Waals surface area contributed by atoms with Gasteiger partial charge in [0.25, 0.3) is 0 Å². The van der Waals surface area contributed by atoms with Crippen LogP contribution in [-0.4, -0.2) is 11.7 Å². The molecule has 0 aliphatic rings. The first-order valence-corrected chi connectivity index (χ1v) is 5.87. The van der Waals surface area contributed by atoms with Crippen LogP contribution in [0.15, 0.2) is 24.4 Å². The number of fused-ring (bicyclic) bond motifs is 1. The van der Waals surface area contributed by atoms with Gasteiger partial charge in [-0.1, -0.05) is 13.8 Å². The van der Waals surface area contributed by atoms with Gasteiger partial charge in [0.2, 0.25) is 0 Å². The van der Waals surface area contributed by atoms with Crippen molar-refractivity contribution in [3.05, 3.63) is 30.0 Å². The molecule has 0 radical (unpaired) electrons. The lowest BCUT2D eigenvalue weighted by Crippen LogP contribution is -1.91. The molecule has 3 nitrogen and oxygen atoms in total. The predicted octanol–water partition coefficient (Wildman–Crippen LogP) is 3.57. The molecule has 3 heteroatoms. The van der Waals surface area contributed by atoms with Gasteiger partial charge in [0, 0.05) is 24.2 Å². The summed E-state index contributed by atoms with van der Waals surface area (Å²) in [7, 11) is 1.64. The van der Waals surface area contributed by atoms with E-state index in [2.05, 4.69) is 17.6 Å². The summed E-state index contributed by atoms with van der Waals surface area (Å²) in [5, 5.41) is 9.96. The number of ether oxygens (including phenoxy) is 1. The highest BCUT2D eigenvalue weighted by Gasteiger charge is 2.07. The second-order valence-electron chi connectivity index (χ2n) is 3.32. The number of nitriles is 1. The Hall–Kier alpha value is -1.95. The Morgan fingerprint density at radius 3 is 2.59 bits per heavy atom. The Labute approximate surface area is 102 Å². The molecule has 0 aliphatic carbocycles. The van der Waals surface area contributed by atoms with Crippen LogP contribution in [0.2, 0.25) is 0 Å². The van der Waals surface area contributed by atoms with Gasteiger partial charge in [0.15, 0.2) is 0 Å². The molecule has 2 aromatic rings. The third-order valence-electron chi connectivity index (χ3n) is 2.55. The molecule has 0 aliphatic heterocycles. The Bertz CT molecular complexity index is 535. The number of aromatic nitrogens is 1. The number of benzene rings is 1. The van der Waals surface area contributed by atoms with E-state index < -0.39 is 0 Å². The number of hydrogen-bond donors (Lipinski definition) is 0. The highest BCUT2D eigenvalue weighted by Crippen LogP contribution is 2.25. The van der Waals surface area contributed by atoms with E-state index in [4.69, 9.17) is 10.00 Å². The zero-order valence-electron chi connectivity index (χ0n) is 10.8. The summed E-state index contributed by atoms with van der Waals surface area (Å²) < 4.78 is 7.22. The van der Waals surface area contributed by atoms with E-state index in [1.165, 1.54) is 0 Å². The van der Waals surface area contributed by atoms with Crippen molar-refractivity contribution in [2.75, 3.05) is 7.11 Å².